The van der Waals surface area contributed by atoms with Crippen molar-refractivity contribution in [3.8, 4) is 0 Å². The Kier molecular flexibility index (Phi) is 4.29. The van der Waals surface area contributed by atoms with Gasteiger partial charge in [0, 0.05) is 13.6 Å². The van der Waals surface area contributed by atoms with E-state index in [4.69, 9.17) is 5.73 Å². The molecule has 0 bridgehead atoms. The number of amides is 1. The van der Waals surface area contributed by atoms with Crippen LogP contribution in [-0.4, -0.2) is 32.5 Å². The number of carbonyl (C=O) groups excluding carboxylic acids is 1. The van der Waals surface area contributed by atoms with Gasteiger partial charge in [0.2, 0.25) is 0 Å². The molecule has 2 heterocycles. The lowest BCUT2D eigenvalue weighted by atomic mass is 10.2. The largest absolute Gasteiger partial charge is 0.366 e. The molecule has 0 aliphatic heterocycles. The topological polar surface area (TPSA) is 76.5 Å². The quantitative estimate of drug-likeness (QED) is 0.729. The monoisotopic (exact) mass is 321 g/mol. The first kappa shape index (κ1) is 15.7. The first-order valence-corrected chi connectivity index (χ1v) is 7.63. The summed E-state index contributed by atoms with van der Waals surface area (Å²) in [6.45, 7) is 2.46. The van der Waals surface area contributed by atoms with Crippen molar-refractivity contribution < 1.29 is 4.79 Å². The summed E-state index contributed by atoms with van der Waals surface area (Å²) in [6, 6.07) is 15.6. The van der Waals surface area contributed by atoms with Crippen LogP contribution >= 0.6 is 0 Å². The number of likely N-dealkylation sites (N-methyl/N-ethyl adjacent to an activating group) is 1. The second-order valence-electron chi connectivity index (χ2n) is 5.63. The van der Waals surface area contributed by atoms with E-state index in [0.29, 0.717) is 12.2 Å². The molecule has 0 aliphatic carbocycles. The molecule has 1 amide bonds. The van der Waals surface area contributed by atoms with E-state index in [1.807, 2.05) is 71.8 Å². The van der Waals surface area contributed by atoms with Crippen molar-refractivity contribution in [1.82, 2.24) is 19.5 Å². The van der Waals surface area contributed by atoms with Crippen molar-refractivity contribution in [3.05, 3.63) is 71.3 Å². The summed E-state index contributed by atoms with van der Waals surface area (Å²) in [5.74, 6) is 0.280. The van der Waals surface area contributed by atoms with E-state index in [2.05, 4.69) is 10.2 Å². The van der Waals surface area contributed by atoms with Gasteiger partial charge in [0.15, 0.2) is 5.65 Å². The van der Waals surface area contributed by atoms with Crippen LogP contribution in [0, 0.1) is 6.92 Å². The van der Waals surface area contributed by atoms with E-state index in [1.54, 1.807) is 6.08 Å². The molecule has 3 rings (SSSR count). The third-order valence-corrected chi connectivity index (χ3v) is 3.83. The fraction of sp³-hybridized carbons (Fsp3) is 0.167. The van der Waals surface area contributed by atoms with Gasteiger partial charge in [-0.15, -0.1) is 10.2 Å². The summed E-state index contributed by atoms with van der Waals surface area (Å²) >= 11 is 0. The minimum Gasteiger partial charge on any atom is -0.366 e. The zero-order valence-electron chi connectivity index (χ0n) is 13.7. The van der Waals surface area contributed by atoms with Crippen LogP contribution in [0.5, 0.6) is 0 Å². The fourth-order valence-corrected chi connectivity index (χ4v) is 2.68. The van der Waals surface area contributed by atoms with Crippen molar-refractivity contribution in [3.63, 3.8) is 0 Å². The molecule has 0 aliphatic rings. The maximum Gasteiger partial charge on any atom is 0.265 e. The Balaban J connectivity index is 1.99. The lowest BCUT2D eigenvalue weighted by Crippen LogP contribution is -2.28. The maximum absolute atomic E-state index is 12.0. The molecule has 122 valence electrons. The van der Waals surface area contributed by atoms with Crippen LogP contribution < -0.4 is 5.73 Å². The zero-order chi connectivity index (χ0) is 17.1. The molecule has 6 heteroatoms. The van der Waals surface area contributed by atoms with Crippen LogP contribution in [0.1, 0.15) is 17.1 Å². The second kappa shape index (κ2) is 6.54. The van der Waals surface area contributed by atoms with Crippen molar-refractivity contribution >= 4 is 17.6 Å². The molecule has 0 unspecified atom stereocenters. The van der Waals surface area contributed by atoms with Gasteiger partial charge in [-0.2, -0.15) is 0 Å². The number of carbonyl (C=O) groups is 1. The van der Waals surface area contributed by atoms with Gasteiger partial charge < -0.3 is 10.6 Å². The number of aromatic nitrogens is 3. The highest BCUT2D eigenvalue weighted by Crippen LogP contribution is 2.15. The molecule has 0 radical (unpaired) electrons. The summed E-state index contributed by atoms with van der Waals surface area (Å²) in [4.78, 5) is 13.8. The smallest absolute Gasteiger partial charge is 0.265 e. The van der Waals surface area contributed by atoms with Gasteiger partial charge in [-0.05, 0) is 30.7 Å². The van der Waals surface area contributed by atoms with Crippen LogP contribution in [0.3, 0.4) is 0 Å². The molecule has 6 nitrogen and oxygen atoms in total. The third kappa shape index (κ3) is 3.12. The predicted octanol–water partition coefficient (Wildman–Crippen LogP) is 2.00. The van der Waals surface area contributed by atoms with Crippen molar-refractivity contribution in [1.29, 1.82) is 0 Å². The highest BCUT2D eigenvalue weighted by molar-refractivity contribution is 5.95. The van der Waals surface area contributed by atoms with E-state index in [-0.39, 0.29) is 0 Å². The minimum absolute atomic E-state index is 0.430. The summed E-state index contributed by atoms with van der Waals surface area (Å²) in [6.07, 6.45) is 1.77. The number of benzene rings is 1. The first-order valence-electron chi connectivity index (χ1n) is 7.63. The summed E-state index contributed by atoms with van der Waals surface area (Å²) in [5.41, 5.74) is 8.68. The SMILES string of the molecule is Cc1nnc2cccc(/C=C(/C(N)=O)N(C)Cc3ccccc3)n12. The van der Waals surface area contributed by atoms with Gasteiger partial charge in [-0.3, -0.25) is 9.20 Å². The molecule has 0 saturated heterocycles. The number of nitrogens with two attached hydrogens (primary N) is 1. The Labute approximate surface area is 140 Å². The predicted molar refractivity (Wildman–Crippen MR) is 92.8 cm³/mol. The number of pyridine rings is 1. The summed E-state index contributed by atoms with van der Waals surface area (Å²) in [5, 5.41) is 8.17. The Morgan fingerprint density at radius 2 is 1.92 bits per heavy atom. The molecule has 2 aromatic heterocycles. The highest BCUT2D eigenvalue weighted by Gasteiger charge is 2.13. The van der Waals surface area contributed by atoms with Crippen LogP contribution in [0.4, 0.5) is 0 Å². The Bertz CT molecular complexity index is 898. The molecular formula is C18H19N5O. The maximum atomic E-state index is 12.0. The van der Waals surface area contributed by atoms with Crippen LogP contribution in [-0.2, 0) is 11.3 Å². The van der Waals surface area contributed by atoms with Crippen molar-refractivity contribution in [2.24, 2.45) is 5.73 Å². The van der Waals surface area contributed by atoms with E-state index < -0.39 is 5.91 Å². The Hall–Kier alpha value is -3.15. The third-order valence-electron chi connectivity index (χ3n) is 3.83. The standard InChI is InChI=1S/C18H19N5O/c1-13-20-21-17-10-6-9-15(23(13)17)11-16(18(19)24)22(2)12-14-7-4-3-5-8-14/h3-11H,12H2,1-2H3,(H2,19,24)/b16-11-. The molecule has 24 heavy (non-hydrogen) atoms. The lowest BCUT2D eigenvalue weighted by molar-refractivity contribution is -0.115. The first-order chi connectivity index (χ1) is 11.6. The van der Waals surface area contributed by atoms with Gasteiger partial charge in [-0.25, -0.2) is 0 Å². The minimum atomic E-state index is -0.476. The van der Waals surface area contributed by atoms with E-state index >= 15 is 0 Å². The molecule has 3 aromatic rings. The number of rotatable bonds is 5. The van der Waals surface area contributed by atoms with Gasteiger partial charge in [0.25, 0.3) is 5.91 Å². The van der Waals surface area contributed by atoms with Crippen LogP contribution in [0.15, 0.2) is 54.2 Å². The van der Waals surface area contributed by atoms with Crippen LogP contribution in [0.2, 0.25) is 0 Å². The van der Waals surface area contributed by atoms with E-state index in [0.717, 1.165) is 22.7 Å². The number of nitrogens with zero attached hydrogens (tertiary/aromatic N) is 4. The molecule has 0 fully saturated rings. The molecule has 1 aromatic carbocycles. The summed E-state index contributed by atoms with van der Waals surface area (Å²) in [7, 11) is 1.85. The number of primary amides is 1. The number of hydrogen-bond acceptors (Lipinski definition) is 4. The molecular weight excluding hydrogens is 302 g/mol. The van der Waals surface area contributed by atoms with E-state index in [9.17, 15) is 4.79 Å². The normalized spacial score (nSPS) is 11.7. The lowest BCUT2D eigenvalue weighted by Gasteiger charge is -2.21. The fourth-order valence-electron chi connectivity index (χ4n) is 2.68. The number of fused-ring (bicyclic) bond motifs is 1. The van der Waals surface area contributed by atoms with E-state index in [1.165, 1.54) is 0 Å². The number of aryl methyl sites for hydroxylation is 1. The van der Waals surface area contributed by atoms with Crippen molar-refractivity contribution in [2.75, 3.05) is 7.05 Å². The second-order valence-corrected chi connectivity index (χ2v) is 5.63. The molecule has 0 saturated carbocycles. The molecule has 2 N–H and O–H groups in total. The highest BCUT2D eigenvalue weighted by atomic mass is 16.1. The van der Waals surface area contributed by atoms with Gasteiger partial charge in [-0.1, -0.05) is 36.4 Å². The summed E-state index contributed by atoms with van der Waals surface area (Å²) < 4.78 is 1.89. The molecule has 0 atom stereocenters. The Morgan fingerprint density at radius 1 is 1.17 bits per heavy atom. The molecule has 0 spiro atoms. The zero-order valence-corrected chi connectivity index (χ0v) is 13.7. The Morgan fingerprint density at radius 3 is 2.62 bits per heavy atom. The van der Waals surface area contributed by atoms with Crippen LogP contribution in [0.25, 0.3) is 11.7 Å². The average molecular weight is 321 g/mol. The van der Waals surface area contributed by atoms with Gasteiger partial charge in [0.1, 0.15) is 11.5 Å². The van der Waals surface area contributed by atoms with Crippen molar-refractivity contribution in [2.45, 2.75) is 13.5 Å². The van der Waals surface area contributed by atoms with Gasteiger partial charge >= 0.3 is 0 Å². The van der Waals surface area contributed by atoms with Gasteiger partial charge in [0.05, 0.1) is 5.69 Å². The number of hydrogen-bond donors (Lipinski definition) is 1. The average Bonchev–Trinajstić information content (AvgIpc) is 2.95.